The highest BCUT2D eigenvalue weighted by atomic mass is 19.1. The Kier molecular flexibility index (Phi) is 5.34. The van der Waals surface area contributed by atoms with Crippen LogP contribution in [-0.4, -0.2) is 36.6 Å². The van der Waals surface area contributed by atoms with Crippen molar-refractivity contribution in [2.75, 3.05) is 19.6 Å². The van der Waals surface area contributed by atoms with Gasteiger partial charge >= 0.3 is 0 Å². The standard InChI is InChI=1S/C16H25FN2/c1-3-9-19(16-7-8-18-12-16)13(2)10-14-5-4-6-15(17)11-14/h4-6,11,13,16,18H,3,7-10,12H2,1-2H3. The molecular formula is C16H25FN2. The van der Waals surface area contributed by atoms with Crippen LogP contribution in [0.4, 0.5) is 4.39 Å². The average molecular weight is 264 g/mol. The smallest absolute Gasteiger partial charge is 0.123 e. The molecule has 0 radical (unpaired) electrons. The molecule has 0 spiro atoms. The van der Waals surface area contributed by atoms with Gasteiger partial charge in [-0.3, -0.25) is 4.90 Å². The number of nitrogens with one attached hydrogen (secondary N) is 1. The SMILES string of the molecule is CCCN(C(C)Cc1cccc(F)c1)C1CCNC1. The molecule has 0 saturated carbocycles. The summed E-state index contributed by atoms with van der Waals surface area (Å²) in [5, 5.41) is 3.44. The van der Waals surface area contributed by atoms with E-state index in [2.05, 4.69) is 24.1 Å². The number of nitrogens with zero attached hydrogens (tertiary/aromatic N) is 1. The predicted octanol–water partition coefficient (Wildman–Crippen LogP) is 2.83. The van der Waals surface area contributed by atoms with Gasteiger partial charge in [-0.25, -0.2) is 4.39 Å². The number of hydrogen-bond donors (Lipinski definition) is 1. The van der Waals surface area contributed by atoms with Gasteiger partial charge in [0.15, 0.2) is 0 Å². The summed E-state index contributed by atoms with van der Waals surface area (Å²) in [6.07, 6.45) is 3.33. The monoisotopic (exact) mass is 264 g/mol. The lowest BCUT2D eigenvalue weighted by Crippen LogP contribution is -2.44. The lowest BCUT2D eigenvalue weighted by Gasteiger charge is -2.34. The highest BCUT2D eigenvalue weighted by molar-refractivity contribution is 5.17. The maximum absolute atomic E-state index is 13.2. The maximum atomic E-state index is 13.2. The van der Waals surface area contributed by atoms with Crippen molar-refractivity contribution in [2.24, 2.45) is 0 Å². The van der Waals surface area contributed by atoms with Crippen LogP contribution in [0.5, 0.6) is 0 Å². The minimum Gasteiger partial charge on any atom is -0.315 e. The van der Waals surface area contributed by atoms with Crippen LogP contribution in [0.3, 0.4) is 0 Å². The molecule has 2 rings (SSSR count). The van der Waals surface area contributed by atoms with E-state index in [1.54, 1.807) is 12.1 Å². The zero-order valence-corrected chi connectivity index (χ0v) is 12.0. The Hall–Kier alpha value is -0.930. The van der Waals surface area contributed by atoms with Crippen LogP contribution in [0.25, 0.3) is 0 Å². The first-order chi connectivity index (χ1) is 9.20. The van der Waals surface area contributed by atoms with Gasteiger partial charge < -0.3 is 5.32 Å². The van der Waals surface area contributed by atoms with Crippen molar-refractivity contribution in [1.82, 2.24) is 10.2 Å². The van der Waals surface area contributed by atoms with Gasteiger partial charge in [0.25, 0.3) is 0 Å². The third-order valence-electron chi connectivity index (χ3n) is 3.97. The van der Waals surface area contributed by atoms with E-state index in [-0.39, 0.29) is 5.82 Å². The van der Waals surface area contributed by atoms with Gasteiger partial charge in [-0.15, -0.1) is 0 Å². The van der Waals surface area contributed by atoms with E-state index in [0.29, 0.717) is 12.1 Å². The van der Waals surface area contributed by atoms with Crippen LogP contribution in [-0.2, 0) is 6.42 Å². The molecule has 1 aromatic carbocycles. The van der Waals surface area contributed by atoms with Gasteiger partial charge in [0, 0.05) is 18.6 Å². The van der Waals surface area contributed by atoms with Crippen molar-refractivity contribution in [2.45, 2.75) is 45.2 Å². The van der Waals surface area contributed by atoms with Crippen molar-refractivity contribution in [3.8, 4) is 0 Å². The Morgan fingerprint density at radius 2 is 2.32 bits per heavy atom. The lowest BCUT2D eigenvalue weighted by atomic mass is 10.0. The molecule has 1 heterocycles. The molecular weight excluding hydrogens is 239 g/mol. The Labute approximate surface area is 116 Å². The molecule has 3 heteroatoms. The normalized spacial score (nSPS) is 20.9. The van der Waals surface area contributed by atoms with Crippen molar-refractivity contribution < 1.29 is 4.39 Å². The third-order valence-corrected chi connectivity index (χ3v) is 3.97. The first-order valence-corrected chi connectivity index (χ1v) is 7.41. The van der Waals surface area contributed by atoms with Gasteiger partial charge in [-0.05, 0) is 57.0 Å². The van der Waals surface area contributed by atoms with Crippen molar-refractivity contribution in [3.05, 3.63) is 35.6 Å². The van der Waals surface area contributed by atoms with Crippen molar-refractivity contribution in [1.29, 1.82) is 0 Å². The van der Waals surface area contributed by atoms with E-state index in [9.17, 15) is 4.39 Å². The Morgan fingerprint density at radius 3 is 2.95 bits per heavy atom. The quantitative estimate of drug-likeness (QED) is 0.850. The summed E-state index contributed by atoms with van der Waals surface area (Å²) < 4.78 is 13.2. The molecule has 2 atom stereocenters. The van der Waals surface area contributed by atoms with Gasteiger partial charge in [0.05, 0.1) is 0 Å². The van der Waals surface area contributed by atoms with Gasteiger partial charge in [0.1, 0.15) is 5.82 Å². The van der Waals surface area contributed by atoms with Crippen LogP contribution in [0.15, 0.2) is 24.3 Å². The largest absolute Gasteiger partial charge is 0.315 e. The molecule has 1 aliphatic rings. The van der Waals surface area contributed by atoms with Gasteiger partial charge in [-0.1, -0.05) is 19.1 Å². The van der Waals surface area contributed by atoms with E-state index in [1.165, 1.54) is 18.9 Å². The van der Waals surface area contributed by atoms with E-state index in [0.717, 1.165) is 31.6 Å². The van der Waals surface area contributed by atoms with E-state index >= 15 is 0 Å². The van der Waals surface area contributed by atoms with E-state index in [1.807, 2.05) is 6.07 Å². The molecule has 19 heavy (non-hydrogen) atoms. The second kappa shape index (κ2) is 7.01. The summed E-state index contributed by atoms with van der Waals surface area (Å²) in [7, 11) is 0. The molecule has 1 aromatic rings. The molecule has 1 fully saturated rings. The molecule has 0 amide bonds. The Bertz CT molecular complexity index is 388. The second-order valence-corrected chi connectivity index (χ2v) is 5.57. The second-order valence-electron chi connectivity index (χ2n) is 5.57. The van der Waals surface area contributed by atoms with Crippen LogP contribution in [0.2, 0.25) is 0 Å². The molecule has 2 nitrogen and oxygen atoms in total. The molecule has 1 N–H and O–H groups in total. The zero-order valence-electron chi connectivity index (χ0n) is 12.0. The number of hydrogen-bond acceptors (Lipinski definition) is 2. The summed E-state index contributed by atoms with van der Waals surface area (Å²) in [5.41, 5.74) is 1.10. The fourth-order valence-electron chi connectivity index (χ4n) is 3.07. The fraction of sp³-hybridized carbons (Fsp3) is 0.625. The zero-order chi connectivity index (χ0) is 13.7. The topological polar surface area (TPSA) is 15.3 Å². The molecule has 1 aliphatic heterocycles. The van der Waals surface area contributed by atoms with Crippen LogP contribution in [0, 0.1) is 5.82 Å². The maximum Gasteiger partial charge on any atom is 0.123 e. The van der Waals surface area contributed by atoms with Crippen LogP contribution in [0.1, 0.15) is 32.3 Å². The van der Waals surface area contributed by atoms with E-state index in [4.69, 9.17) is 0 Å². The summed E-state index contributed by atoms with van der Waals surface area (Å²) in [4.78, 5) is 2.59. The fourth-order valence-corrected chi connectivity index (χ4v) is 3.07. The highest BCUT2D eigenvalue weighted by Gasteiger charge is 2.25. The lowest BCUT2D eigenvalue weighted by molar-refractivity contribution is 0.152. The summed E-state index contributed by atoms with van der Waals surface area (Å²) in [5.74, 6) is -0.130. The molecule has 0 bridgehead atoms. The Balaban J connectivity index is 2.00. The Morgan fingerprint density at radius 1 is 1.47 bits per heavy atom. The minimum atomic E-state index is -0.130. The van der Waals surface area contributed by atoms with Crippen molar-refractivity contribution >= 4 is 0 Å². The number of halogens is 1. The third kappa shape index (κ3) is 4.02. The van der Waals surface area contributed by atoms with Gasteiger partial charge in [-0.2, -0.15) is 0 Å². The molecule has 1 saturated heterocycles. The van der Waals surface area contributed by atoms with Crippen LogP contribution < -0.4 is 5.32 Å². The summed E-state index contributed by atoms with van der Waals surface area (Å²) >= 11 is 0. The minimum absolute atomic E-state index is 0.130. The predicted molar refractivity (Wildman–Crippen MR) is 77.8 cm³/mol. The highest BCUT2D eigenvalue weighted by Crippen LogP contribution is 2.17. The molecule has 0 aromatic heterocycles. The summed E-state index contributed by atoms with van der Waals surface area (Å²) in [6.45, 7) is 7.83. The first kappa shape index (κ1) is 14.5. The number of benzene rings is 1. The average Bonchev–Trinajstić information content (AvgIpc) is 2.89. The summed E-state index contributed by atoms with van der Waals surface area (Å²) in [6, 6.07) is 8.11. The molecule has 106 valence electrons. The molecule has 2 unspecified atom stereocenters. The first-order valence-electron chi connectivity index (χ1n) is 7.41. The van der Waals surface area contributed by atoms with Crippen LogP contribution >= 0.6 is 0 Å². The number of rotatable bonds is 6. The molecule has 0 aliphatic carbocycles. The van der Waals surface area contributed by atoms with E-state index < -0.39 is 0 Å². The van der Waals surface area contributed by atoms with Gasteiger partial charge in [0.2, 0.25) is 0 Å². The van der Waals surface area contributed by atoms with Crippen molar-refractivity contribution in [3.63, 3.8) is 0 Å².